The Morgan fingerprint density at radius 1 is 1.06 bits per heavy atom. The number of aromatic nitrogens is 2. The van der Waals surface area contributed by atoms with Crippen LogP contribution in [0.4, 0.5) is 19.0 Å². The maximum atomic E-state index is 15.5. The fraction of sp³-hybridized carbons (Fsp3) is 0.355. The third-order valence-corrected chi connectivity index (χ3v) is 10.6. The molecule has 1 unspecified atom stereocenters. The molecule has 0 bridgehead atoms. The number of aliphatic carboxylic acids is 1. The summed E-state index contributed by atoms with van der Waals surface area (Å²) in [6.07, 6.45) is -0.139. The molecule has 6 rings (SSSR count). The molecule has 12 nitrogen and oxygen atoms in total. The van der Waals surface area contributed by atoms with Crippen LogP contribution in [0.3, 0.4) is 0 Å². The third-order valence-electron chi connectivity index (χ3n) is 9.00. The van der Waals surface area contributed by atoms with Gasteiger partial charge in [0.1, 0.15) is 16.0 Å². The largest absolute Gasteiger partial charge is 1.00 e. The molecule has 1 N–H and O–H groups in total. The number of benzene rings is 1. The summed E-state index contributed by atoms with van der Waals surface area (Å²) in [4.78, 5) is 58.0. The predicted octanol–water partition coefficient (Wildman–Crippen LogP) is -5.82. The van der Waals surface area contributed by atoms with E-state index in [0.717, 1.165) is 29.0 Å². The van der Waals surface area contributed by atoms with Gasteiger partial charge in [0.25, 0.3) is 0 Å². The van der Waals surface area contributed by atoms with E-state index in [1.807, 2.05) is 4.90 Å². The maximum Gasteiger partial charge on any atom is 1.00 e. The number of aromatic carboxylic acids is 1. The molecule has 0 saturated carbocycles. The van der Waals surface area contributed by atoms with Gasteiger partial charge in [0.2, 0.25) is 5.91 Å². The molecule has 3 aliphatic rings. The number of hydrogen-bond acceptors (Lipinski definition) is 11. The van der Waals surface area contributed by atoms with E-state index in [9.17, 15) is 43.3 Å². The number of fused-ring (bicyclic) bond motifs is 2. The van der Waals surface area contributed by atoms with Gasteiger partial charge in [-0.25, -0.2) is 18.2 Å². The first-order chi connectivity index (χ1) is 22.7. The summed E-state index contributed by atoms with van der Waals surface area (Å²) < 4.78 is 45.3. The molecule has 2 fully saturated rings. The number of hydrogen-bond donors (Lipinski definition) is 1. The van der Waals surface area contributed by atoms with Gasteiger partial charge < -0.3 is 39.6 Å². The van der Waals surface area contributed by atoms with E-state index < -0.39 is 69.7 Å². The van der Waals surface area contributed by atoms with Crippen LogP contribution in [0.15, 0.2) is 46.5 Å². The van der Waals surface area contributed by atoms with Gasteiger partial charge in [-0.15, -0.1) is 0 Å². The van der Waals surface area contributed by atoms with Crippen molar-refractivity contribution in [3.63, 3.8) is 0 Å². The number of pyridine rings is 2. The minimum atomic E-state index is -1.87. The molecule has 252 valence electrons. The second-order valence-electron chi connectivity index (χ2n) is 11.7. The summed E-state index contributed by atoms with van der Waals surface area (Å²) in [5.74, 6) is -7.79. The first-order valence-corrected chi connectivity index (χ1v) is 16.2. The van der Waals surface area contributed by atoms with Crippen LogP contribution in [-0.4, -0.2) is 90.7 Å². The monoisotopic (exact) mass is 747 g/mol. The number of carbonyl (C=O) groups excluding carboxylic acids is 3. The van der Waals surface area contributed by atoms with Gasteiger partial charge in [-0.3, -0.25) is 14.2 Å². The summed E-state index contributed by atoms with van der Waals surface area (Å²) in [6.45, 7) is 4.28. The van der Waals surface area contributed by atoms with Gasteiger partial charge in [0.05, 0.1) is 52.3 Å². The maximum absolute atomic E-state index is 15.5. The van der Waals surface area contributed by atoms with E-state index in [2.05, 4.69) is 4.98 Å². The molecule has 2 aromatic heterocycles. The Balaban J connectivity index is 0.00000281. The SMILES string of the molecule is CC1C(CSC(=S)N2CCN(c3nc4c(cc3F)c(=O)c(C(=O)[O-])cn4-c3ccc(F)cc3F)CC2)=C(C(=O)[O-])N2C(=O)[C@@H]([C@@H](C)O)[C@@H]12.[Na+].[Na+]. The van der Waals surface area contributed by atoms with Crippen molar-refractivity contribution < 1.29 is 102 Å². The van der Waals surface area contributed by atoms with Crippen LogP contribution in [0, 0.1) is 29.3 Å². The van der Waals surface area contributed by atoms with Gasteiger partial charge in [-0.2, -0.15) is 0 Å². The number of nitrogens with zero attached hydrogens (tertiary/aromatic N) is 5. The van der Waals surface area contributed by atoms with E-state index >= 15 is 4.39 Å². The first-order valence-electron chi connectivity index (χ1n) is 14.8. The molecule has 0 spiro atoms. The Bertz CT molecular complexity index is 2010. The number of β-lactam (4-membered cyclic amide) rings is 1. The molecule has 4 atom stereocenters. The molecule has 0 radical (unpaired) electrons. The minimum Gasteiger partial charge on any atom is -0.545 e. The van der Waals surface area contributed by atoms with E-state index in [-0.39, 0.29) is 107 Å². The summed E-state index contributed by atoms with van der Waals surface area (Å²) in [5.41, 5.74) is -2.26. The van der Waals surface area contributed by atoms with Crippen LogP contribution in [-0.2, 0) is 9.59 Å². The molecule has 0 aliphatic carbocycles. The Labute approximate surface area is 336 Å². The van der Waals surface area contributed by atoms with E-state index in [0.29, 0.717) is 29.0 Å². The average molecular weight is 748 g/mol. The van der Waals surface area contributed by atoms with Gasteiger partial charge in [0.15, 0.2) is 22.7 Å². The zero-order chi connectivity index (χ0) is 34.8. The zero-order valence-corrected chi connectivity index (χ0v) is 32.9. The molecule has 50 heavy (non-hydrogen) atoms. The molecular weight excluding hydrogens is 721 g/mol. The predicted molar refractivity (Wildman–Crippen MR) is 167 cm³/mol. The summed E-state index contributed by atoms with van der Waals surface area (Å²) in [7, 11) is 0. The fourth-order valence-electron chi connectivity index (χ4n) is 6.60. The van der Waals surface area contributed by atoms with Gasteiger partial charge >= 0.3 is 59.1 Å². The zero-order valence-electron chi connectivity index (χ0n) is 27.3. The van der Waals surface area contributed by atoms with Crippen LogP contribution in [0.1, 0.15) is 24.2 Å². The number of aliphatic hydroxyl groups is 1. The van der Waals surface area contributed by atoms with E-state index in [1.165, 1.54) is 23.6 Å². The Morgan fingerprint density at radius 3 is 2.30 bits per heavy atom. The van der Waals surface area contributed by atoms with Crippen LogP contribution < -0.4 is 79.7 Å². The molecule has 5 heterocycles. The third kappa shape index (κ3) is 7.00. The van der Waals surface area contributed by atoms with Crippen molar-refractivity contribution in [2.45, 2.75) is 26.0 Å². The van der Waals surface area contributed by atoms with Crippen molar-refractivity contribution in [3.05, 3.63) is 75.0 Å². The smallest absolute Gasteiger partial charge is 0.545 e. The number of piperazine rings is 1. The van der Waals surface area contributed by atoms with Crippen molar-refractivity contribution in [2.24, 2.45) is 11.8 Å². The number of carboxylic acid groups (broad SMARTS) is 2. The number of thiocarbonyl (C=S) groups is 1. The van der Waals surface area contributed by atoms with Gasteiger partial charge in [-0.1, -0.05) is 30.9 Å². The molecule has 1 amide bonds. The van der Waals surface area contributed by atoms with Crippen molar-refractivity contribution in [1.82, 2.24) is 19.4 Å². The van der Waals surface area contributed by atoms with Gasteiger partial charge in [0, 0.05) is 50.1 Å². The standard InChI is InChI=1S/C31H28F3N5O7S2.2Na/c1-13-18(24(30(45)46)39-23(13)22(14(2)40)28(39)42)12-48-31(47)37-7-5-36(6-8-37)27-20(34)10-16-25(41)17(29(43)44)11-38(26(16)35-27)21-4-3-15(32)9-19(21)33;;/h3-4,9-11,13-14,22-23,40H,5-8,12H2,1-2H3,(H,43,44)(H,45,46);;/q;2*+1/p-2/t13?,14-,22+,23-;;/m1../s1. The number of thioether (sulfide) groups is 1. The average Bonchev–Trinajstić information content (AvgIpc) is 3.27. The number of carbonyl (C=O) groups is 3. The number of halogens is 3. The molecule has 3 aliphatic heterocycles. The second-order valence-corrected chi connectivity index (χ2v) is 13.3. The van der Waals surface area contributed by atoms with E-state index in [1.54, 1.807) is 11.8 Å². The Hall–Kier alpha value is -2.48. The number of anilines is 1. The summed E-state index contributed by atoms with van der Waals surface area (Å²) >= 11 is 6.82. The molecular formula is C31H26F3N5Na2O7S2. The Kier molecular flexibility index (Phi) is 12.6. The number of rotatable bonds is 7. The van der Waals surface area contributed by atoms with Crippen molar-refractivity contribution in [1.29, 1.82) is 0 Å². The van der Waals surface area contributed by atoms with Gasteiger partial charge in [-0.05, 0) is 30.7 Å². The van der Waals surface area contributed by atoms with Crippen LogP contribution >= 0.6 is 24.0 Å². The number of aliphatic hydroxyl groups excluding tert-OH is 1. The normalized spacial score (nSPS) is 20.6. The minimum absolute atomic E-state index is 0. The van der Waals surface area contributed by atoms with Crippen LogP contribution in [0.25, 0.3) is 16.7 Å². The topological polar surface area (TPSA) is 162 Å². The van der Waals surface area contributed by atoms with Crippen molar-refractivity contribution in [3.8, 4) is 5.69 Å². The molecule has 3 aromatic rings. The number of amides is 1. The van der Waals surface area contributed by atoms with Crippen molar-refractivity contribution >= 4 is 63.0 Å². The molecule has 2 saturated heterocycles. The van der Waals surface area contributed by atoms with Crippen LogP contribution in [0.2, 0.25) is 0 Å². The van der Waals surface area contributed by atoms with E-state index in [4.69, 9.17) is 12.2 Å². The molecule has 19 heteroatoms. The fourth-order valence-corrected chi connectivity index (χ4v) is 8.00. The first kappa shape index (κ1) is 40.3. The molecule has 1 aromatic carbocycles. The quantitative estimate of drug-likeness (QED) is 0.139. The van der Waals surface area contributed by atoms with Crippen LogP contribution in [0.5, 0.6) is 0 Å². The number of carboxylic acids is 2. The van der Waals surface area contributed by atoms with Crippen molar-refractivity contribution in [2.75, 3.05) is 36.8 Å². The summed E-state index contributed by atoms with van der Waals surface area (Å²) in [6, 6.07) is 2.87. The second kappa shape index (κ2) is 15.6. The Morgan fingerprint density at radius 2 is 1.72 bits per heavy atom. The summed E-state index contributed by atoms with van der Waals surface area (Å²) in [5, 5.41) is 33.3.